The van der Waals surface area contributed by atoms with Crippen LogP contribution in [0.1, 0.15) is 20.7 Å². The first-order chi connectivity index (χ1) is 10.7. The Morgan fingerprint density at radius 1 is 0.773 bits per heavy atom. The number of hydrogen-bond acceptors (Lipinski definition) is 6. The number of hydrogen-bond donors (Lipinski definition) is 0. The summed E-state index contributed by atoms with van der Waals surface area (Å²) in [7, 11) is 0. The summed E-state index contributed by atoms with van der Waals surface area (Å²) in [5, 5.41) is 0. The minimum absolute atomic E-state index is 0.0612. The molecule has 2 unspecified atom stereocenters. The molecule has 0 amide bonds. The number of carbonyl (C=O) groups is 4. The maximum absolute atomic E-state index is 12.7. The molecule has 0 saturated heterocycles. The van der Waals surface area contributed by atoms with Gasteiger partial charge in [0, 0.05) is 11.1 Å². The zero-order valence-corrected chi connectivity index (χ0v) is 11.2. The van der Waals surface area contributed by atoms with Gasteiger partial charge in [-0.05, 0) is 12.2 Å². The number of rotatable bonds is 4. The Morgan fingerprint density at radius 3 is 1.55 bits per heavy atom. The van der Waals surface area contributed by atoms with E-state index < -0.39 is 11.8 Å². The zero-order valence-electron chi connectivity index (χ0n) is 11.2. The third kappa shape index (κ3) is 1.96. The lowest BCUT2D eigenvalue weighted by Gasteiger charge is -2.33. The normalized spacial score (nSPS) is 22.7. The highest BCUT2D eigenvalue weighted by molar-refractivity contribution is 6.18. The Bertz CT molecular complexity index is 680. The highest BCUT2D eigenvalue weighted by Crippen LogP contribution is 2.41. The molecule has 0 bridgehead atoms. The van der Waals surface area contributed by atoms with Gasteiger partial charge < -0.3 is 9.47 Å². The predicted molar refractivity (Wildman–Crippen MR) is 72.5 cm³/mol. The Morgan fingerprint density at radius 2 is 1.18 bits per heavy atom. The van der Waals surface area contributed by atoms with Crippen LogP contribution in [0.25, 0.3) is 0 Å². The van der Waals surface area contributed by atoms with Crippen molar-refractivity contribution in [2.75, 3.05) is 0 Å². The van der Waals surface area contributed by atoms with Gasteiger partial charge in [-0.25, -0.2) is 0 Å². The van der Waals surface area contributed by atoms with E-state index in [2.05, 4.69) is 0 Å². The van der Waals surface area contributed by atoms with Gasteiger partial charge in [0.05, 0.1) is 11.8 Å². The number of fused-ring (bicyclic) bond motifs is 2. The van der Waals surface area contributed by atoms with E-state index in [1.807, 2.05) is 0 Å². The zero-order chi connectivity index (χ0) is 15.7. The number of Topliss-reactive ketones (excluding diaryl/α,β-unsaturated/α-hetero) is 2. The van der Waals surface area contributed by atoms with Crippen molar-refractivity contribution in [2.24, 2.45) is 11.8 Å². The maximum atomic E-state index is 12.7. The second-order valence-corrected chi connectivity index (χ2v) is 4.80. The van der Waals surface area contributed by atoms with E-state index >= 15 is 0 Å². The molecule has 0 N–H and O–H groups in total. The van der Waals surface area contributed by atoms with Gasteiger partial charge in [0.15, 0.2) is 11.6 Å². The van der Waals surface area contributed by atoms with Crippen LogP contribution >= 0.6 is 0 Å². The minimum atomic E-state index is -1.01. The molecule has 0 saturated carbocycles. The number of allylic oxidation sites excluding steroid dienone is 4. The molecule has 0 aliphatic heterocycles. The van der Waals surface area contributed by atoms with Gasteiger partial charge >= 0.3 is 0 Å². The number of ether oxygens (including phenoxy) is 2. The molecular formula is C16H10O6. The van der Waals surface area contributed by atoms with Crippen molar-refractivity contribution in [3.05, 3.63) is 59.1 Å². The SMILES string of the molecule is O=COC1=CC=C(OC=O)C2C(=O)c3ccccc3C(=O)C12. The Hall–Kier alpha value is -3.02. The van der Waals surface area contributed by atoms with Gasteiger partial charge in [0.25, 0.3) is 12.9 Å². The monoisotopic (exact) mass is 298 g/mol. The van der Waals surface area contributed by atoms with Crippen LogP contribution in [0, 0.1) is 11.8 Å². The first-order valence-electron chi connectivity index (χ1n) is 6.49. The topological polar surface area (TPSA) is 86.7 Å². The van der Waals surface area contributed by atoms with Gasteiger partial charge in [-0.3, -0.25) is 19.2 Å². The summed E-state index contributed by atoms with van der Waals surface area (Å²) < 4.78 is 9.66. The van der Waals surface area contributed by atoms with E-state index in [4.69, 9.17) is 9.47 Å². The smallest absolute Gasteiger partial charge is 0.298 e. The molecule has 0 fully saturated rings. The molecule has 1 aromatic rings. The molecule has 0 spiro atoms. The molecule has 0 aromatic heterocycles. The van der Waals surface area contributed by atoms with Gasteiger partial charge in [0.2, 0.25) is 0 Å². The Kier molecular flexibility index (Phi) is 3.42. The van der Waals surface area contributed by atoms with Gasteiger partial charge in [-0.15, -0.1) is 0 Å². The summed E-state index contributed by atoms with van der Waals surface area (Å²) in [6.45, 7) is 0.390. The van der Waals surface area contributed by atoms with E-state index in [-0.39, 0.29) is 47.2 Å². The molecule has 2 atom stereocenters. The second kappa shape index (κ2) is 5.40. The minimum Gasteiger partial charge on any atom is -0.432 e. The largest absolute Gasteiger partial charge is 0.432 e. The molecular weight excluding hydrogens is 288 g/mol. The van der Waals surface area contributed by atoms with Crippen molar-refractivity contribution < 1.29 is 28.7 Å². The van der Waals surface area contributed by atoms with Crippen LogP contribution in [0.4, 0.5) is 0 Å². The van der Waals surface area contributed by atoms with Crippen molar-refractivity contribution in [2.45, 2.75) is 0 Å². The van der Waals surface area contributed by atoms with Crippen LogP contribution < -0.4 is 0 Å². The molecule has 22 heavy (non-hydrogen) atoms. The summed E-state index contributed by atoms with van der Waals surface area (Å²) in [6, 6.07) is 6.39. The predicted octanol–water partition coefficient (Wildman–Crippen LogP) is 1.43. The molecule has 110 valence electrons. The van der Waals surface area contributed by atoms with Crippen LogP contribution in [-0.4, -0.2) is 24.5 Å². The summed E-state index contributed by atoms with van der Waals surface area (Å²) in [5.74, 6) is -2.60. The summed E-state index contributed by atoms with van der Waals surface area (Å²) in [5.41, 5.74) is 0.531. The third-order valence-corrected chi connectivity index (χ3v) is 3.75. The van der Waals surface area contributed by atoms with Crippen molar-refractivity contribution >= 4 is 24.5 Å². The molecule has 0 heterocycles. The first kappa shape index (κ1) is 13.9. The summed E-state index contributed by atoms with van der Waals surface area (Å²) >= 11 is 0. The fraction of sp³-hybridized carbons (Fsp3) is 0.125. The third-order valence-electron chi connectivity index (χ3n) is 3.75. The molecule has 6 nitrogen and oxygen atoms in total. The van der Waals surface area contributed by atoms with Crippen molar-refractivity contribution in [1.82, 2.24) is 0 Å². The van der Waals surface area contributed by atoms with Crippen molar-refractivity contribution in [3.63, 3.8) is 0 Å². The fourth-order valence-electron chi connectivity index (χ4n) is 2.85. The van der Waals surface area contributed by atoms with E-state index in [1.165, 1.54) is 12.2 Å². The molecule has 2 aliphatic carbocycles. The highest BCUT2D eigenvalue weighted by Gasteiger charge is 2.48. The van der Waals surface area contributed by atoms with Gasteiger partial charge in [0.1, 0.15) is 11.5 Å². The average Bonchev–Trinajstić information content (AvgIpc) is 2.54. The van der Waals surface area contributed by atoms with Crippen molar-refractivity contribution in [3.8, 4) is 0 Å². The lowest BCUT2D eigenvalue weighted by Crippen LogP contribution is -2.41. The first-order valence-corrected chi connectivity index (χ1v) is 6.49. The highest BCUT2D eigenvalue weighted by atomic mass is 16.5. The lowest BCUT2D eigenvalue weighted by atomic mass is 9.70. The van der Waals surface area contributed by atoms with E-state index in [0.717, 1.165) is 0 Å². The molecule has 3 rings (SSSR count). The summed E-state index contributed by atoms with van der Waals surface area (Å²) in [6.07, 6.45) is 2.71. The quantitative estimate of drug-likeness (QED) is 0.781. The molecule has 0 radical (unpaired) electrons. The fourth-order valence-corrected chi connectivity index (χ4v) is 2.85. The number of ketones is 2. The van der Waals surface area contributed by atoms with Crippen LogP contribution in [-0.2, 0) is 19.1 Å². The van der Waals surface area contributed by atoms with Crippen LogP contribution in [0.3, 0.4) is 0 Å². The lowest BCUT2D eigenvalue weighted by molar-refractivity contribution is -0.128. The number of carbonyl (C=O) groups excluding carboxylic acids is 4. The Balaban J connectivity index is 2.17. The van der Waals surface area contributed by atoms with Gasteiger partial charge in [-0.2, -0.15) is 0 Å². The van der Waals surface area contributed by atoms with E-state index in [0.29, 0.717) is 0 Å². The average molecular weight is 298 g/mol. The standard InChI is InChI=1S/C16H10O6/c17-7-21-11-5-6-12(22-8-18)14-13(11)15(19)9-3-1-2-4-10(9)16(14)20/h1-8,13-14H. The maximum Gasteiger partial charge on any atom is 0.298 e. The van der Waals surface area contributed by atoms with Crippen molar-refractivity contribution in [1.29, 1.82) is 0 Å². The van der Waals surface area contributed by atoms with E-state index in [9.17, 15) is 19.2 Å². The summed E-state index contributed by atoms with van der Waals surface area (Å²) in [4.78, 5) is 46.6. The van der Waals surface area contributed by atoms with Crippen LogP contribution in [0.5, 0.6) is 0 Å². The Labute approximate surface area is 125 Å². The molecule has 1 aromatic carbocycles. The molecule has 2 aliphatic rings. The molecule has 6 heteroatoms. The van der Waals surface area contributed by atoms with Crippen LogP contribution in [0.2, 0.25) is 0 Å². The van der Waals surface area contributed by atoms with E-state index in [1.54, 1.807) is 24.3 Å². The number of benzene rings is 1. The second-order valence-electron chi connectivity index (χ2n) is 4.80. The van der Waals surface area contributed by atoms with Crippen LogP contribution in [0.15, 0.2) is 47.9 Å². The van der Waals surface area contributed by atoms with Gasteiger partial charge in [-0.1, -0.05) is 24.3 Å².